The van der Waals surface area contributed by atoms with Gasteiger partial charge in [0.1, 0.15) is 5.54 Å². The van der Waals surface area contributed by atoms with Crippen LogP contribution in [0.15, 0.2) is 78.9 Å². The van der Waals surface area contributed by atoms with Crippen molar-refractivity contribution in [2.45, 2.75) is 76.9 Å². The van der Waals surface area contributed by atoms with Crippen LogP contribution in [0.2, 0.25) is 0 Å². The molecule has 260 valence electrons. The van der Waals surface area contributed by atoms with Crippen molar-refractivity contribution in [1.82, 2.24) is 15.5 Å². The number of hydrogen-bond acceptors (Lipinski definition) is 9. The Morgan fingerprint density at radius 2 is 1.63 bits per heavy atom. The first-order chi connectivity index (χ1) is 23.7. The number of nitrogens with one attached hydrogen (secondary N) is 2. The number of nitrogens with zero attached hydrogens (tertiary/aromatic N) is 2. The summed E-state index contributed by atoms with van der Waals surface area (Å²) in [5.41, 5.74) is 4.09. The smallest absolute Gasteiger partial charge is 0.303 e. The van der Waals surface area contributed by atoms with Crippen LogP contribution in [0.5, 0.6) is 0 Å². The predicted molar refractivity (Wildman–Crippen MR) is 183 cm³/mol. The largest absolute Gasteiger partial charge is 0.453 e. The van der Waals surface area contributed by atoms with Crippen molar-refractivity contribution >= 4 is 23.5 Å². The lowest BCUT2D eigenvalue weighted by Gasteiger charge is -2.46. The molecular formula is C38H46N4O7. The van der Waals surface area contributed by atoms with E-state index < -0.39 is 23.9 Å². The highest BCUT2D eigenvalue weighted by atomic mass is 16.7. The second-order valence-electron chi connectivity index (χ2n) is 13.3. The van der Waals surface area contributed by atoms with E-state index in [0.29, 0.717) is 13.2 Å². The first-order valence-corrected chi connectivity index (χ1v) is 17.0. The zero-order chi connectivity index (χ0) is 34.5. The molecule has 3 aliphatic heterocycles. The number of carbonyl (C=O) groups is 3. The van der Waals surface area contributed by atoms with Crippen LogP contribution >= 0.6 is 0 Å². The third-order valence-electron chi connectivity index (χ3n) is 10.1. The third-order valence-corrected chi connectivity index (χ3v) is 10.1. The van der Waals surface area contributed by atoms with Crippen LogP contribution in [-0.4, -0.2) is 71.8 Å². The zero-order valence-electron chi connectivity index (χ0n) is 28.3. The van der Waals surface area contributed by atoms with Gasteiger partial charge in [0.05, 0.1) is 25.5 Å². The quantitative estimate of drug-likeness (QED) is 0.275. The average Bonchev–Trinajstić information content (AvgIpc) is 3.43. The molecule has 3 heterocycles. The number of piperidine rings is 1. The van der Waals surface area contributed by atoms with Gasteiger partial charge in [-0.2, -0.15) is 0 Å². The molecule has 11 nitrogen and oxygen atoms in total. The minimum atomic E-state index is -0.869. The highest BCUT2D eigenvalue weighted by Gasteiger charge is 2.51. The number of likely N-dealkylation sites (tertiary alicyclic amines) is 1. The van der Waals surface area contributed by atoms with E-state index in [1.165, 1.54) is 13.8 Å². The monoisotopic (exact) mass is 670 g/mol. The molecule has 3 aliphatic rings. The van der Waals surface area contributed by atoms with E-state index in [1.54, 1.807) is 0 Å². The number of rotatable bonds is 10. The Kier molecular flexibility index (Phi) is 10.6. The second kappa shape index (κ2) is 15.1. The average molecular weight is 671 g/mol. The Balaban J connectivity index is 1.15. The Morgan fingerprint density at radius 3 is 2.29 bits per heavy atom. The van der Waals surface area contributed by atoms with Crippen molar-refractivity contribution in [1.29, 1.82) is 0 Å². The van der Waals surface area contributed by atoms with E-state index in [-0.39, 0.29) is 43.1 Å². The molecule has 5 unspecified atom stereocenters. The highest BCUT2D eigenvalue weighted by molar-refractivity contribution is 5.93. The molecule has 0 radical (unpaired) electrons. The molecule has 2 amide bonds. The minimum absolute atomic E-state index is 0.0245. The number of aliphatic hydroxyl groups excluding tert-OH is 1. The second-order valence-corrected chi connectivity index (χ2v) is 13.3. The Labute approximate surface area is 287 Å². The summed E-state index contributed by atoms with van der Waals surface area (Å²) >= 11 is 0. The molecule has 5 atom stereocenters. The molecule has 3 aromatic carbocycles. The van der Waals surface area contributed by atoms with Gasteiger partial charge in [0.25, 0.3) is 5.91 Å². The summed E-state index contributed by atoms with van der Waals surface area (Å²) in [7, 11) is 0. The summed E-state index contributed by atoms with van der Waals surface area (Å²) < 4.78 is 18.3. The maximum atomic E-state index is 13.2. The van der Waals surface area contributed by atoms with Crippen LogP contribution in [0.1, 0.15) is 68.3 Å². The van der Waals surface area contributed by atoms with Crippen LogP contribution < -0.4 is 15.5 Å². The van der Waals surface area contributed by atoms with Gasteiger partial charge < -0.3 is 39.8 Å². The molecular weight excluding hydrogens is 624 g/mol. The van der Waals surface area contributed by atoms with Gasteiger partial charge >= 0.3 is 5.97 Å². The van der Waals surface area contributed by atoms with E-state index in [1.807, 2.05) is 66.7 Å². The summed E-state index contributed by atoms with van der Waals surface area (Å²) in [5.74, 6) is -0.749. The Hall–Kier alpha value is -4.29. The molecule has 0 bridgehead atoms. The van der Waals surface area contributed by atoms with Crippen molar-refractivity contribution in [2.75, 3.05) is 31.2 Å². The fourth-order valence-electron chi connectivity index (χ4n) is 7.15. The van der Waals surface area contributed by atoms with Crippen molar-refractivity contribution in [2.24, 2.45) is 5.92 Å². The van der Waals surface area contributed by atoms with E-state index in [4.69, 9.17) is 14.2 Å². The molecule has 3 aromatic rings. The molecule has 0 saturated carbocycles. The fraction of sp³-hybridized carbons (Fsp3) is 0.447. The van der Waals surface area contributed by atoms with E-state index in [2.05, 4.69) is 39.5 Å². The fourth-order valence-corrected chi connectivity index (χ4v) is 7.15. The number of amides is 2. The summed E-state index contributed by atoms with van der Waals surface area (Å²) in [6.45, 7) is 7.96. The Morgan fingerprint density at radius 1 is 0.980 bits per heavy atom. The lowest BCUT2D eigenvalue weighted by molar-refractivity contribution is -0.276. The lowest BCUT2D eigenvalue weighted by Crippen LogP contribution is -2.57. The van der Waals surface area contributed by atoms with Gasteiger partial charge in [-0.1, -0.05) is 73.7 Å². The standard InChI is InChI=1S/C38H46N4O7/c1-25-33(22-41-19-17-38(18-20-41)37(46)40-24-42(38)32-7-5-4-6-8-32)48-36(49-34(25)30-13-11-29(23-43)12-14-30)31-15-9-28(10-16-31)21-39-35(45)26(2)47-27(3)44/h4-16,25-26,33-34,36,43H,17-24H2,1-3H3,(H,39,45)(H,40,46). The van der Waals surface area contributed by atoms with Gasteiger partial charge in [-0.15, -0.1) is 0 Å². The molecule has 0 aromatic heterocycles. The van der Waals surface area contributed by atoms with Gasteiger partial charge in [0.15, 0.2) is 12.4 Å². The number of carbonyl (C=O) groups excluding carboxylic acids is 3. The number of benzene rings is 3. The van der Waals surface area contributed by atoms with Crippen molar-refractivity contribution in [3.8, 4) is 0 Å². The number of aliphatic hydroxyl groups is 1. The van der Waals surface area contributed by atoms with Crippen LogP contribution in [0.25, 0.3) is 0 Å². The van der Waals surface area contributed by atoms with Crippen molar-refractivity contribution in [3.05, 3.63) is 101 Å². The van der Waals surface area contributed by atoms with Gasteiger partial charge in [-0.25, -0.2) is 0 Å². The zero-order valence-corrected chi connectivity index (χ0v) is 28.3. The normalized spacial score (nSPS) is 24.3. The van der Waals surface area contributed by atoms with Crippen LogP contribution in [0.3, 0.4) is 0 Å². The van der Waals surface area contributed by atoms with Gasteiger partial charge in [0, 0.05) is 50.3 Å². The van der Waals surface area contributed by atoms with Crippen LogP contribution in [0.4, 0.5) is 5.69 Å². The predicted octanol–water partition coefficient (Wildman–Crippen LogP) is 3.97. The van der Waals surface area contributed by atoms with Crippen LogP contribution in [-0.2, 0) is 41.7 Å². The molecule has 49 heavy (non-hydrogen) atoms. The lowest BCUT2D eigenvalue weighted by atomic mass is 9.84. The molecule has 3 fully saturated rings. The summed E-state index contributed by atoms with van der Waals surface area (Å²) in [5, 5.41) is 15.5. The number of esters is 1. The first-order valence-electron chi connectivity index (χ1n) is 17.0. The maximum absolute atomic E-state index is 13.2. The third kappa shape index (κ3) is 7.65. The van der Waals surface area contributed by atoms with E-state index in [0.717, 1.165) is 53.9 Å². The summed E-state index contributed by atoms with van der Waals surface area (Å²) in [6.07, 6.45) is -0.451. The summed E-state index contributed by atoms with van der Waals surface area (Å²) in [4.78, 5) is 41.3. The SMILES string of the molecule is CC(=O)OC(C)C(=O)NCc1ccc(C2OC(CN3CCC4(CC3)C(=O)NCN4c3ccccc3)C(C)C(c3ccc(CO)cc3)O2)cc1. The number of anilines is 1. The van der Waals surface area contributed by atoms with Gasteiger partial charge in [0.2, 0.25) is 5.91 Å². The minimum Gasteiger partial charge on any atom is -0.453 e. The molecule has 11 heteroatoms. The molecule has 0 aliphatic carbocycles. The topological polar surface area (TPSA) is 130 Å². The van der Waals surface area contributed by atoms with Crippen molar-refractivity contribution < 1.29 is 33.7 Å². The Bertz CT molecular complexity index is 1590. The van der Waals surface area contributed by atoms with E-state index >= 15 is 0 Å². The number of para-hydroxylation sites is 1. The van der Waals surface area contributed by atoms with Gasteiger partial charge in [-0.3, -0.25) is 14.4 Å². The first kappa shape index (κ1) is 34.6. The summed E-state index contributed by atoms with van der Waals surface area (Å²) in [6, 6.07) is 25.7. The van der Waals surface area contributed by atoms with E-state index in [9.17, 15) is 19.5 Å². The maximum Gasteiger partial charge on any atom is 0.303 e. The molecule has 6 rings (SSSR count). The molecule has 3 N–H and O–H groups in total. The van der Waals surface area contributed by atoms with Crippen molar-refractivity contribution in [3.63, 3.8) is 0 Å². The van der Waals surface area contributed by atoms with Gasteiger partial charge in [-0.05, 0) is 48.6 Å². The number of hydrogen-bond donors (Lipinski definition) is 3. The molecule has 1 spiro atoms. The molecule has 3 saturated heterocycles. The number of ether oxygens (including phenoxy) is 3. The highest BCUT2D eigenvalue weighted by Crippen LogP contribution is 2.43. The van der Waals surface area contributed by atoms with Crippen LogP contribution in [0, 0.1) is 5.92 Å².